The first-order valence-corrected chi connectivity index (χ1v) is 5.11. The number of aromatic amines is 1. The molecule has 2 aromatic heterocycles. The smallest absolute Gasteiger partial charge is 0.180 e. The molecule has 0 bridgehead atoms. The summed E-state index contributed by atoms with van der Waals surface area (Å²) in [5.41, 5.74) is 2.80. The summed E-state index contributed by atoms with van der Waals surface area (Å²) in [6.45, 7) is 0. The standard InChI is InChI=1S/C12H8N5/c1-2-4-9(5-3-1)11-8-13-7-6-10(11)12-14-16-17-15-12/h1-7H,(H,14,15,16,17). The van der Waals surface area contributed by atoms with Crippen LogP contribution in [0.4, 0.5) is 0 Å². The molecule has 0 fully saturated rings. The van der Waals surface area contributed by atoms with Gasteiger partial charge in [-0.1, -0.05) is 30.3 Å². The SMILES string of the molecule is [c]1nccc(-c2nnn[nH]2)c1-c1ccccc1. The third-order valence-corrected chi connectivity index (χ3v) is 2.42. The van der Waals surface area contributed by atoms with Crippen molar-refractivity contribution in [2.75, 3.05) is 0 Å². The summed E-state index contributed by atoms with van der Waals surface area (Å²) in [6, 6.07) is 11.8. The van der Waals surface area contributed by atoms with E-state index < -0.39 is 0 Å². The highest BCUT2D eigenvalue weighted by Gasteiger charge is 2.10. The molecule has 0 spiro atoms. The van der Waals surface area contributed by atoms with Gasteiger partial charge in [0.25, 0.3) is 0 Å². The first kappa shape index (κ1) is 9.65. The highest BCUT2D eigenvalue weighted by molar-refractivity contribution is 5.78. The molecule has 2 heterocycles. The molecule has 0 saturated carbocycles. The molecule has 1 aromatic carbocycles. The Bertz CT molecular complexity index is 604. The van der Waals surface area contributed by atoms with E-state index in [0.29, 0.717) is 5.82 Å². The lowest BCUT2D eigenvalue weighted by molar-refractivity contribution is 0.881. The van der Waals surface area contributed by atoms with Gasteiger partial charge in [0.2, 0.25) is 0 Å². The molecule has 3 rings (SSSR count). The lowest BCUT2D eigenvalue weighted by atomic mass is 10.0. The van der Waals surface area contributed by atoms with Crippen LogP contribution in [0, 0.1) is 6.20 Å². The number of H-pyrrole nitrogens is 1. The van der Waals surface area contributed by atoms with E-state index >= 15 is 0 Å². The van der Waals surface area contributed by atoms with Crippen molar-refractivity contribution in [3.63, 3.8) is 0 Å². The summed E-state index contributed by atoms with van der Waals surface area (Å²) in [4.78, 5) is 4.02. The predicted octanol–water partition coefficient (Wildman–Crippen LogP) is 1.73. The van der Waals surface area contributed by atoms with Gasteiger partial charge in [-0.2, -0.15) is 0 Å². The number of pyridine rings is 1. The average molecular weight is 222 g/mol. The maximum absolute atomic E-state index is 4.02. The first-order chi connectivity index (χ1) is 8.45. The van der Waals surface area contributed by atoms with Crippen molar-refractivity contribution in [2.45, 2.75) is 0 Å². The van der Waals surface area contributed by atoms with Gasteiger partial charge in [0.05, 0.1) is 6.20 Å². The van der Waals surface area contributed by atoms with Crippen LogP contribution >= 0.6 is 0 Å². The maximum atomic E-state index is 4.02. The number of hydrogen-bond acceptors (Lipinski definition) is 4. The van der Waals surface area contributed by atoms with E-state index in [-0.39, 0.29) is 0 Å². The van der Waals surface area contributed by atoms with Gasteiger partial charge in [-0.25, -0.2) is 5.10 Å². The molecule has 0 saturated heterocycles. The fourth-order valence-corrected chi connectivity index (χ4v) is 1.65. The Labute approximate surface area is 97.5 Å². The zero-order valence-electron chi connectivity index (χ0n) is 8.83. The number of nitrogens with zero attached hydrogens (tertiary/aromatic N) is 4. The van der Waals surface area contributed by atoms with E-state index in [2.05, 4.69) is 31.8 Å². The summed E-state index contributed by atoms with van der Waals surface area (Å²) < 4.78 is 0. The van der Waals surface area contributed by atoms with Crippen LogP contribution in [0.1, 0.15) is 0 Å². The number of nitrogens with one attached hydrogen (secondary N) is 1. The second-order valence-electron chi connectivity index (χ2n) is 3.46. The lowest BCUT2D eigenvalue weighted by Crippen LogP contribution is -1.88. The zero-order valence-corrected chi connectivity index (χ0v) is 8.83. The minimum atomic E-state index is 0.613. The van der Waals surface area contributed by atoms with Crippen LogP contribution in [-0.4, -0.2) is 25.6 Å². The van der Waals surface area contributed by atoms with Crippen LogP contribution in [0.25, 0.3) is 22.5 Å². The molecule has 1 radical (unpaired) electrons. The first-order valence-electron chi connectivity index (χ1n) is 5.11. The van der Waals surface area contributed by atoms with E-state index in [1.165, 1.54) is 0 Å². The molecule has 5 nitrogen and oxygen atoms in total. The molecule has 0 unspecified atom stereocenters. The maximum Gasteiger partial charge on any atom is 0.180 e. The number of tetrazole rings is 1. The molecule has 0 aliphatic rings. The molecule has 0 amide bonds. The van der Waals surface area contributed by atoms with Crippen molar-refractivity contribution in [3.8, 4) is 22.5 Å². The predicted molar refractivity (Wildman–Crippen MR) is 61.7 cm³/mol. The van der Waals surface area contributed by atoms with Crippen molar-refractivity contribution in [1.82, 2.24) is 25.6 Å². The number of aromatic nitrogens is 5. The Hall–Kier alpha value is -2.56. The van der Waals surface area contributed by atoms with Crippen LogP contribution in [0.2, 0.25) is 0 Å². The van der Waals surface area contributed by atoms with E-state index in [9.17, 15) is 0 Å². The van der Waals surface area contributed by atoms with Gasteiger partial charge < -0.3 is 0 Å². The molecule has 5 heteroatoms. The molecular formula is C12H8N5. The summed E-state index contributed by atoms with van der Waals surface area (Å²) in [5, 5.41) is 13.8. The van der Waals surface area contributed by atoms with E-state index in [0.717, 1.165) is 16.7 Å². The van der Waals surface area contributed by atoms with Gasteiger partial charge in [-0.3, -0.25) is 4.98 Å². The topological polar surface area (TPSA) is 67.3 Å². The third kappa shape index (κ3) is 1.78. The second kappa shape index (κ2) is 4.13. The molecule has 0 aliphatic carbocycles. The highest BCUT2D eigenvalue weighted by atomic mass is 15.5. The third-order valence-electron chi connectivity index (χ3n) is 2.42. The van der Waals surface area contributed by atoms with Gasteiger partial charge in [-0.15, -0.1) is 5.10 Å². The molecule has 3 aromatic rings. The van der Waals surface area contributed by atoms with Crippen molar-refractivity contribution in [2.24, 2.45) is 0 Å². The molecule has 1 N–H and O–H groups in total. The average Bonchev–Trinajstić information content (AvgIpc) is 2.94. The van der Waals surface area contributed by atoms with Crippen molar-refractivity contribution in [3.05, 3.63) is 48.8 Å². The molecule has 17 heavy (non-hydrogen) atoms. The summed E-state index contributed by atoms with van der Waals surface area (Å²) >= 11 is 0. The second-order valence-corrected chi connectivity index (χ2v) is 3.46. The fraction of sp³-hybridized carbons (Fsp3) is 0. The molecule has 0 atom stereocenters. The van der Waals surface area contributed by atoms with Gasteiger partial charge in [0.15, 0.2) is 5.82 Å². The quantitative estimate of drug-likeness (QED) is 0.717. The van der Waals surface area contributed by atoms with E-state index in [1.54, 1.807) is 6.20 Å². The Kier molecular flexibility index (Phi) is 2.34. The van der Waals surface area contributed by atoms with Crippen LogP contribution in [-0.2, 0) is 0 Å². The minimum Gasteiger partial charge on any atom is -0.254 e. The monoisotopic (exact) mass is 222 g/mol. The molecular weight excluding hydrogens is 214 g/mol. The number of rotatable bonds is 2. The Morgan fingerprint density at radius 1 is 1.06 bits per heavy atom. The Morgan fingerprint density at radius 3 is 2.71 bits per heavy atom. The summed E-state index contributed by atoms with van der Waals surface area (Å²) in [6.07, 6.45) is 4.65. The normalized spacial score (nSPS) is 10.4. The fourth-order valence-electron chi connectivity index (χ4n) is 1.65. The van der Waals surface area contributed by atoms with Gasteiger partial charge >= 0.3 is 0 Å². The highest BCUT2D eigenvalue weighted by Crippen LogP contribution is 2.27. The largest absolute Gasteiger partial charge is 0.254 e. The number of benzene rings is 1. The molecule has 81 valence electrons. The van der Waals surface area contributed by atoms with E-state index in [4.69, 9.17) is 0 Å². The van der Waals surface area contributed by atoms with Crippen LogP contribution in [0.15, 0.2) is 42.6 Å². The van der Waals surface area contributed by atoms with Crippen LogP contribution in [0.3, 0.4) is 0 Å². The van der Waals surface area contributed by atoms with Crippen molar-refractivity contribution >= 4 is 0 Å². The van der Waals surface area contributed by atoms with Crippen molar-refractivity contribution in [1.29, 1.82) is 0 Å². The van der Waals surface area contributed by atoms with Gasteiger partial charge in [0, 0.05) is 17.3 Å². The minimum absolute atomic E-state index is 0.613. The van der Waals surface area contributed by atoms with Gasteiger partial charge in [0.1, 0.15) is 0 Å². The Morgan fingerprint density at radius 2 is 1.94 bits per heavy atom. The van der Waals surface area contributed by atoms with Crippen molar-refractivity contribution < 1.29 is 0 Å². The lowest BCUT2D eigenvalue weighted by Gasteiger charge is -2.04. The number of hydrogen-bond donors (Lipinski definition) is 1. The molecule has 0 aliphatic heterocycles. The van der Waals surface area contributed by atoms with E-state index in [1.807, 2.05) is 36.4 Å². The zero-order chi connectivity index (χ0) is 11.5. The van der Waals surface area contributed by atoms with Gasteiger partial charge in [-0.05, 0) is 22.1 Å². The summed E-state index contributed by atoms with van der Waals surface area (Å²) in [7, 11) is 0. The Balaban J connectivity index is 2.18. The van der Waals surface area contributed by atoms with Crippen LogP contribution < -0.4 is 0 Å². The summed E-state index contributed by atoms with van der Waals surface area (Å²) in [5.74, 6) is 0.613. The van der Waals surface area contributed by atoms with Crippen LogP contribution in [0.5, 0.6) is 0 Å².